The van der Waals surface area contributed by atoms with Crippen LogP contribution in [-0.2, 0) is 4.74 Å². The smallest absolute Gasteiger partial charge is 0.409 e. The van der Waals surface area contributed by atoms with Gasteiger partial charge in [0.25, 0.3) is 0 Å². The molecule has 114 valence electrons. The van der Waals surface area contributed by atoms with Crippen molar-refractivity contribution in [3.8, 4) is 0 Å². The Hall–Kier alpha value is -0.810. The van der Waals surface area contributed by atoms with Gasteiger partial charge in [-0.1, -0.05) is 0 Å². The fraction of sp³-hybridized carbons (Fsp3) is 0.933. The standard InChI is InChI=1S/C15H26N2O3/c1-13(2,3)20-12(18)16-15-8-10-5-11(9-15)7-14(4,6-10)17(15)19/h10-11,19H,5-9H2,1-4H3,(H,16,18). The Labute approximate surface area is 120 Å². The molecule has 0 radical (unpaired) electrons. The highest BCUT2D eigenvalue weighted by molar-refractivity contribution is 5.68. The van der Waals surface area contributed by atoms with Gasteiger partial charge in [0.05, 0.1) is 0 Å². The Bertz CT molecular complexity index is 415. The molecule has 1 amide bonds. The number of hydrogen-bond donors (Lipinski definition) is 2. The minimum atomic E-state index is -0.624. The zero-order valence-electron chi connectivity index (χ0n) is 12.9. The van der Waals surface area contributed by atoms with Crippen molar-refractivity contribution in [2.45, 2.75) is 76.6 Å². The maximum absolute atomic E-state index is 12.1. The molecule has 2 saturated carbocycles. The molecular weight excluding hydrogens is 256 g/mol. The predicted octanol–water partition coefficient (Wildman–Crippen LogP) is 2.88. The van der Waals surface area contributed by atoms with Crippen LogP contribution in [0.15, 0.2) is 0 Å². The molecule has 2 aliphatic heterocycles. The maximum atomic E-state index is 12.1. The quantitative estimate of drug-likeness (QED) is 0.776. The molecule has 5 heteroatoms. The number of hydrogen-bond acceptors (Lipinski definition) is 4. The van der Waals surface area contributed by atoms with Crippen LogP contribution in [0.25, 0.3) is 0 Å². The summed E-state index contributed by atoms with van der Waals surface area (Å²) in [6, 6.07) is 0. The van der Waals surface area contributed by atoms with E-state index in [1.165, 1.54) is 11.5 Å². The van der Waals surface area contributed by atoms with Gasteiger partial charge in [-0.3, -0.25) is 0 Å². The SMILES string of the molecule is CC(C)(C)OC(=O)NC12CC3CC(CC(C)(C3)N1O)C2. The number of nitrogens with one attached hydrogen (secondary N) is 1. The lowest BCUT2D eigenvalue weighted by molar-refractivity contribution is -0.317. The van der Waals surface area contributed by atoms with Gasteiger partial charge < -0.3 is 15.3 Å². The molecule has 4 rings (SSSR count). The number of amides is 1. The summed E-state index contributed by atoms with van der Waals surface area (Å²) in [5, 5.41) is 15.0. The van der Waals surface area contributed by atoms with Gasteiger partial charge in [-0.25, -0.2) is 4.79 Å². The molecule has 0 aromatic rings. The maximum Gasteiger partial charge on any atom is 0.409 e. The van der Waals surface area contributed by atoms with Crippen molar-refractivity contribution < 1.29 is 14.7 Å². The summed E-state index contributed by atoms with van der Waals surface area (Å²) in [4.78, 5) is 12.1. The highest BCUT2D eigenvalue weighted by atomic mass is 16.6. The van der Waals surface area contributed by atoms with Crippen molar-refractivity contribution in [2.24, 2.45) is 11.8 Å². The molecule has 4 bridgehead atoms. The molecule has 0 spiro atoms. The Morgan fingerprint density at radius 2 is 1.80 bits per heavy atom. The van der Waals surface area contributed by atoms with Crippen LogP contribution in [-0.4, -0.2) is 33.2 Å². The third kappa shape index (κ3) is 2.21. The topological polar surface area (TPSA) is 61.8 Å². The molecule has 2 heterocycles. The molecule has 2 aliphatic carbocycles. The predicted molar refractivity (Wildman–Crippen MR) is 74.2 cm³/mol. The zero-order chi connectivity index (χ0) is 14.8. The lowest BCUT2D eigenvalue weighted by Gasteiger charge is -2.64. The molecule has 2 unspecified atom stereocenters. The van der Waals surface area contributed by atoms with Crippen molar-refractivity contribution in [1.82, 2.24) is 10.4 Å². The van der Waals surface area contributed by atoms with Crippen LogP contribution in [0.2, 0.25) is 0 Å². The summed E-state index contributed by atoms with van der Waals surface area (Å²) >= 11 is 0. The van der Waals surface area contributed by atoms with Crippen LogP contribution in [0.4, 0.5) is 4.79 Å². The Kier molecular flexibility index (Phi) is 2.90. The van der Waals surface area contributed by atoms with Crippen molar-refractivity contribution in [2.75, 3.05) is 0 Å². The van der Waals surface area contributed by atoms with Crippen LogP contribution < -0.4 is 5.32 Å². The number of rotatable bonds is 1. The summed E-state index contributed by atoms with van der Waals surface area (Å²) in [7, 11) is 0. The minimum absolute atomic E-state index is 0.195. The van der Waals surface area contributed by atoms with Crippen molar-refractivity contribution in [3.05, 3.63) is 0 Å². The van der Waals surface area contributed by atoms with Gasteiger partial charge in [0, 0.05) is 5.54 Å². The van der Waals surface area contributed by atoms with Gasteiger partial charge in [0.2, 0.25) is 0 Å². The molecule has 0 aromatic heterocycles. The van der Waals surface area contributed by atoms with Crippen LogP contribution in [0.1, 0.15) is 59.8 Å². The number of ether oxygens (including phenoxy) is 1. The summed E-state index contributed by atoms with van der Waals surface area (Å²) in [6.45, 7) is 7.66. The molecule has 2 N–H and O–H groups in total. The number of piperidine rings is 2. The van der Waals surface area contributed by atoms with Gasteiger partial charge in [-0.2, -0.15) is 5.06 Å². The molecule has 0 aromatic carbocycles. The average molecular weight is 282 g/mol. The van der Waals surface area contributed by atoms with E-state index in [0.717, 1.165) is 25.7 Å². The van der Waals surface area contributed by atoms with Crippen molar-refractivity contribution in [3.63, 3.8) is 0 Å². The Balaban J connectivity index is 1.79. The van der Waals surface area contributed by atoms with E-state index in [1.54, 1.807) is 0 Å². The number of carbonyl (C=O) groups is 1. The second-order valence-corrected chi connectivity index (χ2v) is 8.25. The molecule has 20 heavy (non-hydrogen) atoms. The Morgan fingerprint density at radius 3 is 2.30 bits per heavy atom. The van der Waals surface area contributed by atoms with Gasteiger partial charge in [-0.15, -0.1) is 0 Å². The van der Waals surface area contributed by atoms with Crippen LogP contribution in [0, 0.1) is 11.8 Å². The average Bonchev–Trinajstić information content (AvgIpc) is 2.21. The van der Waals surface area contributed by atoms with Gasteiger partial charge in [-0.05, 0) is 71.6 Å². The van der Waals surface area contributed by atoms with Crippen LogP contribution >= 0.6 is 0 Å². The number of carbonyl (C=O) groups excluding carboxylic acids is 1. The molecule has 5 nitrogen and oxygen atoms in total. The van der Waals surface area contributed by atoms with E-state index in [0.29, 0.717) is 11.8 Å². The highest BCUT2D eigenvalue weighted by Gasteiger charge is 2.61. The van der Waals surface area contributed by atoms with Crippen molar-refractivity contribution >= 4 is 6.09 Å². The largest absolute Gasteiger partial charge is 0.444 e. The molecule has 2 saturated heterocycles. The fourth-order valence-corrected chi connectivity index (χ4v) is 4.83. The number of alkyl carbamates (subject to hydrolysis) is 1. The zero-order valence-corrected chi connectivity index (χ0v) is 12.9. The van der Waals surface area contributed by atoms with E-state index in [1.807, 2.05) is 20.8 Å². The number of hydroxylamine groups is 2. The first-order valence-electron chi connectivity index (χ1n) is 7.62. The normalized spacial score (nSPS) is 43.6. The van der Waals surface area contributed by atoms with E-state index in [9.17, 15) is 10.0 Å². The van der Waals surface area contributed by atoms with Crippen molar-refractivity contribution in [1.29, 1.82) is 0 Å². The van der Waals surface area contributed by atoms with Gasteiger partial charge in [0.15, 0.2) is 0 Å². The molecule has 4 aliphatic rings. The van der Waals surface area contributed by atoms with E-state index < -0.39 is 17.4 Å². The first-order chi connectivity index (χ1) is 9.12. The van der Waals surface area contributed by atoms with E-state index in [-0.39, 0.29) is 5.54 Å². The third-order valence-corrected chi connectivity index (χ3v) is 5.03. The summed E-state index contributed by atoms with van der Waals surface area (Å²) < 4.78 is 5.37. The highest BCUT2D eigenvalue weighted by Crippen LogP contribution is 2.57. The summed E-state index contributed by atoms with van der Waals surface area (Å²) in [5.74, 6) is 1.21. The lowest BCUT2D eigenvalue weighted by Crippen LogP contribution is -2.75. The van der Waals surface area contributed by atoms with Gasteiger partial charge >= 0.3 is 6.09 Å². The van der Waals surface area contributed by atoms with Crippen LogP contribution in [0.3, 0.4) is 0 Å². The number of nitrogens with zero attached hydrogens (tertiary/aromatic N) is 1. The lowest BCUT2D eigenvalue weighted by atomic mass is 9.57. The second-order valence-electron chi connectivity index (χ2n) is 8.25. The minimum Gasteiger partial charge on any atom is -0.444 e. The fourth-order valence-electron chi connectivity index (χ4n) is 4.83. The van der Waals surface area contributed by atoms with Crippen LogP contribution in [0.5, 0.6) is 0 Å². The Morgan fingerprint density at radius 1 is 1.25 bits per heavy atom. The molecule has 2 atom stereocenters. The van der Waals surface area contributed by atoms with E-state index >= 15 is 0 Å². The molecular formula is C15H26N2O3. The van der Waals surface area contributed by atoms with E-state index in [2.05, 4.69) is 12.2 Å². The third-order valence-electron chi connectivity index (χ3n) is 5.03. The monoisotopic (exact) mass is 282 g/mol. The van der Waals surface area contributed by atoms with E-state index in [4.69, 9.17) is 4.74 Å². The summed E-state index contributed by atoms with van der Waals surface area (Å²) in [6.07, 6.45) is 4.52. The molecule has 4 fully saturated rings. The van der Waals surface area contributed by atoms with Gasteiger partial charge in [0.1, 0.15) is 11.3 Å². The second kappa shape index (κ2) is 4.10. The summed E-state index contributed by atoms with van der Waals surface area (Å²) in [5.41, 5.74) is -1.34. The first kappa shape index (κ1) is 14.1. The first-order valence-corrected chi connectivity index (χ1v) is 7.62.